The van der Waals surface area contributed by atoms with Crippen LogP contribution in [-0.4, -0.2) is 26.5 Å². The van der Waals surface area contributed by atoms with Gasteiger partial charge in [-0.1, -0.05) is 35.3 Å². The molecule has 0 aliphatic carbocycles. The number of halogens is 2. The number of carbonyl (C=O) groups excluding carboxylic acids is 2. The second-order valence-electron chi connectivity index (χ2n) is 6.37. The van der Waals surface area contributed by atoms with Crippen LogP contribution in [0, 0.1) is 0 Å². The van der Waals surface area contributed by atoms with Crippen LogP contribution in [0.15, 0.2) is 71.6 Å². The molecule has 0 radical (unpaired) electrons. The Labute approximate surface area is 183 Å². The molecule has 30 heavy (non-hydrogen) atoms. The third kappa shape index (κ3) is 5.18. The van der Waals surface area contributed by atoms with Gasteiger partial charge in [0.05, 0.1) is 26.7 Å². The van der Waals surface area contributed by atoms with Gasteiger partial charge in [0.1, 0.15) is 0 Å². The van der Waals surface area contributed by atoms with Crippen molar-refractivity contribution in [2.24, 2.45) is 0 Å². The SMILES string of the molecule is CS(=O)(=O)c1ccc(Cl)c(C(=O)Nc2ccccc2C(=O)Nc2ccc(Cl)cc2)c1. The lowest BCUT2D eigenvalue weighted by Gasteiger charge is -2.13. The topological polar surface area (TPSA) is 92.3 Å². The second-order valence-corrected chi connectivity index (χ2v) is 9.23. The largest absolute Gasteiger partial charge is 0.322 e. The zero-order valence-corrected chi connectivity index (χ0v) is 18.0. The molecule has 2 amide bonds. The molecule has 0 aliphatic heterocycles. The summed E-state index contributed by atoms with van der Waals surface area (Å²) >= 11 is 11.9. The third-order valence-corrected chi connectivity index (χ3v) is 5.82. The van der Waals surface area contributed by atoms with Crippen LogP contribution in [0.4, 0.5) is 11.4 Å². The van der Waals surface area contributed by atoms with Gasteiger partial charge in [-0.25, -0.2) is 8.42 Å². The highest BCUT2D eigenvalue weighted by Gasteiger charge is 2.18. The number of sulfone groups is 1. The zero-order chi connectivity index (χ0) is 21.9. The number of para-hydroxylation sites is 1. The summed E-state index contributed by atoms with van der Waals surface area (Å²) in [5.41, 5.74) is 0.980. The summed E-state index contributed by atoms with van der Waals surface area (Å²) in [6, 6.07) is 16.9. The third-order valence-electron chi connectivity index (χ3n) is 4.13. The van der Waals surface area contributed by atoms with Gasteiger partial charge < -0.3 is 10.6 Å². The minimum Gasteiger partial charge on any atom is -0.322 e. The average molecular weight is 463 g/mol. The zero-order valence-electron chi connectivity index (χ0n) is 15.6. The van der Waals surface area contributed by atoms with Crippen LogP contribution in [0.2, 0.25) is 10.0 Å². The number of hydrogen-bond acceptors (Lipinski definition) is 4. The Bertz CT molecular complexity index is 1230. The first kappa shape index (κ1) is 21.8. The molecule has 0 heterocycles. The molecule has 0 spiro atoms. The highest BCUT2D eigenvalue weighted by Crippen LogP contribution is 2.24. The Hall–Kier alpha value is -2.87. The van der Waals surface area contributed by atoms with Crippen molar-refractivity contribution >= 4 is 56.2 Å². The number of benzene rings is 3. The lowest BCUT2D eigenvalue weighted by atomic mass is 10.1. The minimum absolute atomic E-state index is 0.0208. The van der Waals surface area contributed by atoms with Crippen molar-refractivity contribution in [1.82, 2.24) is 0 Å². The van der Waals surface area contributed by atoms with Gasteiger partial charge in [-0.15, -0.1) is 0 Å². The van der Waals surface area contributed by atoms with E-state index in [1.54, 1.807) is 48.5 Å². The minimum atomic E-state index is -3.52. The quantitative estimate of drug-likeness (QED) is 0.563. The van der Waals surface area contributed by atoms with Gasteiger partial charge in [-0.05, 0) is 54.6 Å². The number of rotatable bonds is 5. The molecule has 154 valence electrons. The molecule has 0 atom stereocenters. The Morgan fingerprint density at radius 1 is 0.800 bits per heavy atom. The van der Waals surface area contributed by atoms with E-state index in [2.05, 4.69) is 10.6 Å². The van der Waals surface area contributed by atoms with Crippen molar-refractivity contribution in [1.29, 1.82) is 0 Å². The standard InChI is InChI=1S/C21H16Cl2N2O4S/c1-30(28,29)15-10-11-18(23)17(12-15)21(27)25-19-5-3-2-4-16(19)20(26)24-14-8-6-13(22)7-9-14/h2-12H,1H3,(H,24,26)(H,25,27). The monoisotopic (exact) mass is 462 g/mol. The molecule has 9 heteroatoms. The van der Waals surface area contributed by atoms with Gasteiger partial charge in [0.15, 0.2) is 9.84 Å². The van der Waals surface area contributed by atoms with Crippen LogP contribution in [0.5, 0.6) is 0 Å². The molecule has 2 N–H and O–H groups in total. The average Bonchev–Trinajstić information content (AvgIpc) is 2.69. The van der Waals surface area contributed by atoms with E-state index in [0.717, 1.165) is 6.26 Å². The summed E-state index contributed by atoms with van der Waals surface area (Å²) in [6.45, 7) is 0. The molecule has 0 aliphatic rings. The van der Waals surface area contributed by atoms with Crippen LogP contribution in [-0.2, 0) is 9.84 Å². The normalized spacial score (nSPS) is 11.0. The van der Waals surface area contributed by atoms with E-state index in [1.807, 2.05) is 0 Å². The maximum absolute atomic E-state index is 12.7. The number of amides is 2. The smallest absolute Gasteiger partial charge is 0.257 e. The Balaban J connectivity index is 1.87. The maximum Gasteiger partial charge on any atom is 0.257 e. The van der Waals surface area contributed by atoms with Crippen molar-refractivity contribution in [3.63, 3.8) is 0 Å². The number of hydrogen-bond donors (Lipinski definition) is 2. The molecule has 3 aromatic rings. The van der Waals surface area contributed by atoms with Crippen LogP contribution in [0.3, 0.4) is 0 Å². The molecule has 0 saturated carbocycles. The van der Waals surface area contributed by atoms with Gasteiger partial charge in [-0.3, -0.25) is 9.59 Å². The number of anilines is 2. The fraction of sp³-hybridized carbons (Fsp3) is 0.0476. The predicted octanol–water partition coefficient (Wildman–Crippen LogP) is 4.90. The van der Waals surface area contributed by atoms with E-state index in [9.17, 15) is 18.0 Å². The fourth-order valence-corrected chi connectivity index (χ4v) is 3.60. The van der Waals surface area contributed by atoms with E-state index in [1.165, 1.54) is 18.2 Å². The van der Waals surface area contributed by atoms with Crippen molar-refractivity contribution in [2.75, 3.05) is 16.9 Å². The molecular weight excluding hydrogens is 447 g/mol. The predicted molar refractivity (Wildman–Crippen MR) is 118 cm³/mol. The summed E-state index contributed by atoms with van der Waals surface area (Å²) in [4.78, 5) is 25.4. The van der Waals surface area contributed by atoms with Crippen LogP contribution >= 0.6 is 23.2 Å². The van der Waals surface area contributed by atoms with E-state index in [-0.39, 0.29) is 26.7 Å². The lowest BCUT2D eigenvalue weighted by molar-refractivity contribution is 0.102. The summed E-state index contributed by atoms with van der Waals surface area (Å²) in [5.74, 6) is -1.08. The van der Waals surface area contributed by atoms with Gasteiger partial charge >= 0.3 is 0 Å². The molecular formula is C21H16Cl2N2O4S. The van der Waals surface area contributed by atoms with Crippen LogP contribution in [0.25, 0.3) is 0 Å². The first-order valence-corrected chi connectivity index (χ1v) is 11.3. The Kier molecular flexibility index (Phi) is 6.45. The molecule has 3 aromatic carbocycles. The summed E-state index contributed by atoms with van der Waals surface area (Å²) in [7, 11) is -3.52. The highest BCUT2D eigenvalue weighted by atomic mass is 35.5. The molecule has 0 unspecified atom stereocenters. The van der Waals surface area contributed by atoms with Crippen molar-refractivity contribution < 1.29 is 18.0 Å². The Morgan fingerprint density at radius 3 is 2.10 bits per heavy atom. The first-order chi connectivity index (χ1) is 14.1. The highest BCUT2D eigenvalue weighted by molar-refractivity contribution is 7.90. The summed E-state index contributed by atoms with van der Waals surface area (Å²) in [6.07, 6.45) is 1.04. The molecule has 0 saturated heterocycles. The van der Waals surface area contributed by atoms with E-state index in [4.69, 9.17) is 23.2 Å². The Morgan fingerprint density at radius 2 is 1.43 bits per heavy atom. The summed E-state index contributed by atoms with van der Waals surface area (Å²) < 4.78 is 23.6. The van der Waals surface area contributed by atoms with Crippen molar-refractivity contribution in [3.05, 3.63) is 87.9 Å². The van der Waals surface area contributed by atoms with Gasteiger partial charge in [0, 0.05) is 17.0 Å². The number of carbonyl (C=O) groups is 2. The van der Waals surface area contributed by atoms with Gasteiger partial charge in [-0.2, -0.15) is 0 Å². The number of nitrogens with one attached hydrogen (secondary N) is 2. The van der Waals surface area contributed by atoms with Gasteiger partial charge in [0.2, 0.25) is 0 Å². The molecule has 6 nitrogen and oxygen atoms in total. The van der Waals surface area contributed by atoms with Crippen molar-refractivity contribution in [3.8, 4) is 0 Å². The second kappa shape index (κ2) is 8.87. The van der Waals surface area contributed by atoms with Crippen LogP contribution < -0.4 is 10.6 Å². The molecule has 0 aromatic heterocycles. The van der Waals surface area contributed by atoms with Crippen molar-refractivity contribution in [2.45, 2.75) is 4.90 Å². The van der Waals surface area contributed by atoms with Crippen LogP contribution in [0.1, 0.15) is 20.7 Å². The molecule has 0 fully saturated rings. The first-order valence-electron chi connectivity index (χ1n) is 8.62. The van der Waals surface area contributed by atoms with E-state index in [0.29, 0.717) is 10.7 Å². The lowest BCUT2D eigenvalue weighted by Crippen LogP contribution is -2.18. The molecule has 3 rings (SSSR count). The van der Waals surface area contributed by atoms with E-state index >= 15 is 0 Å². The van der Waals surface area contributed by atoms with Gasteiger partial charge in [0.25, 0.3) is 11.8 Å². The fourth-order valence-electron chi connectivity index (χ4n) is 2.62. The summed E-state index contributed by atoms with van der Waals surface area (Å²) in [5, 5.41) is 5.97. The molecule has 0 bridgehead atoms. The van der Waals surface area contributed by atoms with E-state index < -0.39 is 21.7 Å². The maximum atomic E-state index is 12.7.